The number of nitriles is 2. The highest BCUT2D eigenvalue weighted by Crippen LogP contribution is 2.10. The van der Waals surface area contributed by atoms with Crippen molar-refractivity contribution in [3.05, 3.63) is 35.4 Å². The molecule has 12 heteroatoms. The summed E-state index contributed by atoms with van der Waals surface area (Å²) in [6.45, 7) is 1.81. The van der Waals surface area contributed by atoms with Crippen LogP contribution in [-0.4, -0.2) is 34.4 Å². The molecule has 0 heterocycles. The van der Waals surface area contributed by atoms with E-state index in [9.17, 15) is 17.2 Å². The molecule has 138 valence electrons. The number of rotatable bonds is 9. The molecule has 0 bridgehead atoms. The number of unbranched alkanes of at least 4 members (excludes halogenated alkanes) is 1. The minimum Gasteiger partial charge on any atom is -0.738 e. The van der Waals surface area contributed by atoms with Gasteiger partial charge >= 0.3 is 10.1 Å². The van der Waals surface area contributed by atoms with E-state index in [1.54, 1.807) is 12.1 Å². The Morgan fingerprint density at radius 1 is 1.23 bits per heavy atom. The van der Waals surface area contributed by atoms with E-state index >= 15 is 0 Å². The maximum absolute atomic E-state index is 11.6. The molecule has 0 N–H and O–H groups in total. The number of oxime groups is 2. The zero-order valence-electron chi connectivity index (χ0n) is 13.5. The van der Waals surface area contributed by atoms with Gasteiger partial charge < -0.3 is 8.84 Å². The van der Waals surface area contributed by atoms with Crippen molar-refractivity contribution in [2.75, 3.05) is 5.75 Å². The lowest BCUT2D eigenvalue weighted by Crippen LogP contribution is -2.10. The monoisotopic (exact) mass is 397 g/mol. The molecule has 1 atom stereocenters. The summed E-state index contributed by atoms with van der Waals surface area (Å²) in [7, 11) is -3.91. The smallest absolute Gasteiger partial charge is 0.328 e. The van der Waals surface area contributed by atoms with Crippen molar-refractivity contribution < 1.29 is 25.7 Å². The zero-order valence-corrected chi connectivity index (χ0v) is 15.1. The normalized spacial score (nSPS) is 13.4. The summed E-state index contributed by atoms with van der Waals surface area (Å²) in [5.74, 6) is -0.235. The van der Waals surface area contributed by atoms with Gasteiger partial charge in [0, 0.05) is 11.1 Å². The van der Waals surface area contributed by atoms with Gasteiger partial charge in [-0.3, -0.25) is 4.28 Å². The van der Waals surface area contributed by atoms with Crippen LogP contribution in [0.1, 0.15) is 30.9 Å². The highest BCUT2D eigenvalue weighted by Gasteiger charge is 2.13. The Bertz CT molecular complexity index is 912. The van der Waals surface area contributed by atoms with Gasteiger partial charge in [0.25, 0.3) is 0 Å². The molecular formula is C14H13N4O6S2-. The van der Waals surface area contributed by atoms with E-state index in [1.165, 1.54) is 24.3 Å². The van der Waals surface area contributed by atoms with E-state index in [0.29, 0.717) is 12.8 Å². The molecule has 0 radical (unpaired) electrons. The minimum atomic E-state index is -3.91. The largest absolute Gasteiger partial charge is 0.738 e. The first-order valence-corrected chi connectivity index (χ1v) is 9.65. The summed E-state index contributed by atoms with van der Waals surface area (Å²) in [5, 5.41) is 24.7. The first kappa shape index (κ1) is 21.2. The van der Waals surface area contributed by atoms with E-state index in [2.05, 4.69) is 18.9 Å². The summed E-state index contributed by atoms with van der Waals surface area (Å²) in [6.07, 6.45) is 1.03. The van der Waals surface area contributed by atoms with Crippen molar-refractivity contribution in [3.63, 3.8) is 0 Å². The molecule has 0 aliphatic heterocycles. The van der Waals surface area contributed by atoms with Crippen molar-refractivity contribution in [2.45, 2.75) is 19.8 Å². The van der Waals surface area contributed by atoms with Gasteiger partial charge in [0.1, 0.15) is 12.1 Å². The van der Waals surface area contributed by atoms with E-state index in [4.69, 9.17) is 10.5 Å². The molecule has 0 fully saturated rings. The van der Waals surface area contributed by atoms with Crippen LogP contribution >= 0.6 is 0 Å². The predicted octanol–water partition coefficient (Wildman–Crippen LogP) is 1.10. The first-order chi connectivity index (χ1) is 12.3. The fourth-order valence-electron chi connectivity index (χ4n) is 1.61. The number of benzene rings is 1. The Morgan fingerprint density at radius 2 is 1.81 bits per heavy atom. The molecule has 0 amide bonds. The molecule has 1 unspecified atom stereocenters. The van der Waals surface area contributed by atoms with Crippen LogP contribution in [0.3, 0.4) is 0 Å². The number of hydrogen-bond donors (Lipinski definition) is 0. The van der Waals surface area contributed by atoms with Gasteiger partial charge in [0.05, 0.1) is 5.75 Å². The molecule has 1 aromatic rings. The molecule has 1 rings (SSSR count). The molecule has 0 saturated carbocycles. The van der Waals surface area contributed by atoms with Gasteiger partial charge in [0.15, 0.2) is 22.8 Å². The third kappa shape index (κ3) is 6.98. The van der Waals surface area contributed by atoms with E-state index < -0.39 is 21.5 Å². The summed E-state index contributed by atoms with van der Waals surface area (Å²) in [6, 6.07) is 8.88. The van der Waals surface area contributed by atoms with Crippen molar-refractivity contribution >= 4 is 32.9 Å². The second kappa shape index (κ2) is 10.2. The fourth-order valence-corrected chi connectivity index (χ4v) is 2.65. The molecule has 0 spiro atoms. The van der Waals surface area contributed by atoms with Gasteiger partial charge in [-0.2, -0.15) is 18.9 Å². The highest BCUT2D eigenvalue weighted by molar-refractivity contribution is 7.86. The van der Waals surface area contributed by atoms with Crippen LogP contribution in [0.2, 0.25) is 0 Å². The highest BCUT2D eigenvalue weighted by atomic mass is 32.2. The van der Waals surface area contributed by atoms with Crippen LogP contribution in [0, 0.1) is 22.7 Å². The average molecular weight is 397 g/mol. The second-order valence-corrected chi connectivity index (χ2v) is 6.88. The molecule has 0 aliphatic carbocycles. The van der Waals surface area contributed by atoms with Crippen LogP contribution in [0.15, 0.2) is 34.6 Å². The molecule has 0 saturated heterocycles. The Hall–Kier alpha value is -2.80. The molecule has 0 aliphatic rings. The van der Waals surface area contributed by atoms with Crippen LogP contribution in [0.5, 0.6) is 0 Å². The number of hydrogen-bond acceptors (Lipinski definition) is 10. The van der Waals surface area contributed by atoms with E-state index in [1.807, 2.05) is 6.92 Å². The Morgan fingerprint density at radius 3 is 2.31 bits per heavy atom. The first-order valence-electron chi connectivity index (χ1n) is 7.08. The number of nitrogens with zero attached hydrogens (tertiary/aromatic N) is 4. The molecule has 1 aromatic carbocycles. The Kier molecular flexibility index (Phi) is 8.37. The van der Waals surface area contributed by atoms with E-state index in [0.717, 1.165) is 0 Å². The Labute approximate surface area is 152 Å². The second-order valence-electron chi connectivity index (χ2n) is 4.65. The van der Waals surface area contributed by atoms with Crippen molar-refractivity contribution in [3.8, 4) is 12.1 Å². The predicted molar refractivity (Wildman–Crippen MR) is 90.5 cm³/mol. The van der Waals surface area contributed by atoms with Gasteiger partial charge in [-0.15, -0.1) is 0 Å². The third-order valence-electron chi connectivity index (χ3n) is 2.80. The quantitative estimate of drug-likeness (QED) is 0.339. The summed E-state index contributed by atoms with van der Waals surface area (Å²) < 4.78 is 52.4. The summed E-state index contributed by atoms with van der Waals surface area (Å²) in [5.41, 5.74) is -0.448. The zero-order chi connectivity index (χ0) is 19.6. The van der Waals surface area contributed by atoms with Crippen LogP contribution < -0.4 is 0 Å². The topological polar surface area (TPSA) is 165 Å². The van der Waals surface area contributed by atoms with Crippen LogP contribution in [-0.2, 0) is 30.0 Å². The van der Waals surface area contributed by atoms with Crippen molar-refractivity contribution in [1.29, 1.82) is 10.5 Å². The maximum Gasteiger partial charge on any atom is 0.328 e. The van der Waals surface area contributed by atoms with Crippen LogP contribution in [0.4, 0.5) is 0 Å². The van der Waals surface area contributed by atoms with Gasteiger partial charge in [-0.1, -0.05) is 41.9 Å². The van der Waals surface area contributed by atoms with Gasteiger partial charge in [-0.05, 0) is 12.5 Å². The maximum atomic E-state index is 11.6. The molecule has 0 aromatic heterocycles. The van der Waals surface area contributed by atoms with Gasteiger partial charge in [-0.25, -0.2) is 4.21 Å². The van der Waals surface area contributed by atoms with E-state index in [-0.39, 0.29) is 28.3 Å². The summed E-state index contributed by atoms with van der Waals surface area (Å²) in [4.78, 5) is 0. The lowest BCUT2D eigenvalue weighted by molar-refractivity contribution is 0.318. The SMILES string of the molecule is CCCCS(=O)(=O)ON=C(C#N)c1cccc(C(C#N)=NOS(=O)[O-])c1. The standard InChI is InChI=1S/C14H14N4O6S2/c1-2-3-7-26(21,22)24-18-14(10-16)12-6-4-5-11(8-12)13(9-15)17-23-25(19)20/h4-6,8H,2-3,7H2,1H3,(H,19,20)/p-1. The van der Waals surface area contributed by atoms with Crippen molar-refractivity contribution in [2.24, 2.45) is 10.3 Å². The molecular weight excluding hydrogens is 384 g/mol. The minimum absolute atomic E-state index is 0.132. The lowest BCUT2D eigenvalue weighted by atomic mass is 10.0. The molecule has 10 nitrogen and oxygen atoms in total. The molecule has 26 heavy (non-hydrogen) atoms. The lowest BCUT2D eigenvalue weighted by Gasteiger charge is -2.04. The average Bonchev–Trinajstić information content (AvgIpc) is 2.61. The third-order valence-corrected chi connectivity index (χ3v) is 4.09. The summed E-state index contributed by atoms with van der Waals surface area (Å²) >= 11 is -2.94. The Balaban J connectivity index is 3.12. The van der Waals surface area contributed by atoms with Gasteiger partial charge in [0.2, 0.25) is 0 Å². The van der Waals surface area contributed by atoms with Crippen LogP contribution in [0.25, 0.3) is 0 Å². The van der Waals surface area contributed by atoms with Crippen molar-refractivity contribution in [1.82, 2.24) is 0 Å². The fraction of sp³-hybridized carbons (Fsp3) is 0.286.